The van der Waals surface area contributed by atoms with Crippen LogP contribution in [0.15, 0.2) is 0 Å². The smallest absolute Gasteiger partial charge is 0.323 e. The van der Waals surface area contributed by atoms with E-state index in [-0.39, 0.29) is 18.6 Å². The van der Waals surface area contributed by atoms with E-state index in [4.69, 9.17) is 9.84 Å². The summed E-state index contributed by atoms with van der Waals surface area (Å²) in [5.74, 6) is -0.0643. The average molecular weight is 214 g/mol. The number of hydrogen-bond donors (Lipinski definition) is 1. The Morgan fingerprint density at radius 2 is 2.07 bits per heavy atom. The van der Waals surface area contributed by atoms with Crippen LogP contribution in [0, 0.1) is 0 Å². The number of esters is 1. The van der Waals surface area contributed by atoms with E-state index in [0.29, 0.717) is 6.61 Å². The molecule has 0 aromatic heterocycles. The number of aliphatic hydroxyl groups excluding tert-OH is 1. The molecule has 2 aliphatic rings. The van der Waals surface area contributed by atoms with Gasteiger partial charge in [-0.2, -0.15) is 0 Å². The van der Waals surface area contributed by atoms with Gasteiger partial charge in [0.2, 0.25) is 0 Å². The van der Waals surface area contributed by atoms with Gasteiger partial charge in [-0.25, -0.2) is 0 Å². The second-order valence-corrected chi connectivity index (χ2v) is 4.07. The predicted octanol–water partition coefficient (Wildman–Crippen LogP) is -1.09. The molecule has 1 N–H and O–H groups in total. The van der Waals surface area contributed by atoms with Crippen molar-refractivity contribution >= 4 is 5.97 Å². The van der Waals surface area contributed by atoms with Crippen molar-refractivity contribution in [1.29, 1.82) is 0 Å². The van der Waals surface area contributed by atoms with E-state index in [9.17, 15) is 4.79 Å². The largest absolute Gasteiger partial charge is 0.464 e. The van der Waals surface area contributed by atoms with Gasteiger partial charge in [0, 0.05) is 39.1 Å². The summed E-state index contributed by atoms with van der Waals surface area (Å²) in [7, 11) is 0. The Hall–Kier alpha value is -0.650. The molecule has 0 saturated carbocycles. The van der Waals surface area contributed by atoms with Crippen molar-refractivity contribution in [3.63, 3.8) is 0 Å². The number of nitrogens with zero attached hydrogens (tertiary/aromatic N) is 2. The molecule has 0 spiro atoms. The van der Waals surface area contributed by atoms with Crippen LogP contribution in [0.2, 0.25) is 0 Å². The first-order chi connectivity index (χ1) is 7.31. The lowest BCUT2D eigenvalue weighted by atomic mass is 10.2. The van der Waals surface area contributed by atoms with Crippen LogP contribution in [-0.2, 0) is 9.53 Å². The molecule has 1 unspecified atom stereocenters. The molecule has 86 valence electrons. The fraction of sp³-hybridized carbons (Fsp3) is 0.900. The van der Waals surface area contributed by atoms with E-state index >= 15 is 0 Å². The lowest BCUT2D eigenvalue weighted by Gasteiger charge is -2.36. The Kier molecular flexibility index (Phi) is 3.56. The SMILES string of the molecule is O=C1OCCC1N1CCN(CCO)CC1. The van der Waals surface area contributed by atoms with Gasteiger partial charge < -0.3 is 9.84 Å². The first-order valence-electron chi connectivity index (χ1n) is 5.55. The number of hydrogen-bond acceptors (Lipinski definition) is 5. The quantitative estimate of drug-likeness (QED) is 0.605. The summed E-state index contributed by atoms with van der Waals surface area (Å²) >= 11 is 0. The zero-order valence-electron chi connectivity index (χ0n) is 8.89. The molecule has 2 saturated heterocycles. The number of carbonyl (C=O) groups excluding carboxylic acids is 1. The highest BCUT2D eigenvalue weighted by atomic mass is 16.5. The zero-order valence-corrected chi connectivity index (χ0v) is 8.89. The maximum absolute atomic E-state index is 11.4. The van der Waals surface area contributed by atoms with Gasteiger partial charge in [-0.15, -0.1) is 0 Å². The number of cyclic esters (lactones) is 1. The molecule has 0 radical (unpaired) electrons. The molecule has 2 aliphatic heterocycles. The van der Waals surface area contributed by atoms with Crippen LogP contribution in [0.25, 0.3) is 0 Å². The van der Waals surface area contributed by atoms with Crippen molar-refractivity contribution in [2.24, 2.45) is 0 Å². The Balaban J connectivity index is 1.80. The van der Waals surface area contributed by atoms with Crippen molar-refractivity contribution in [3.05, 3.63) is 0 Å². The monoisotopic (exact) mass is 214 g/mol. The molecular formula is C10H18N2O3. The predicted molar refractivity (Wildman–Crippen MR) is 54.5 cm³/mol. The molecule has 0 bridgehead atoms. The van der Waals surface area contributed by atoms with Crippen LogP contribution in [-0.4, -0.2) is 72.9 Å². The van der Waals surface area contributed by atoms with E-state index in [1.165, 1.54) is 0 Å². The molecule has 1 atom stereocenters. The second-order valence-electron chi connectivity index (χ2n) is 4.07. The van der Waals surface area contributed by atoms with Crippen LogP contribution in [0.5, 0.6) is 0 Å². The van der Waals surface area contributed by atoms with Crippen molar-refractivity contribution in [3.8, 4) is 0 Å². The average Bonchev–Trinajstić information content (AvgIpc) is 2.66. The third kappa shape index (κ3) is 2.48. The minimum Gasteiger partial charge on any atom is -0.464 e. The summed E-state index contributed by atoms with van der Waals surface area (Å²) in [5, 5.41) is 8.81. The van der Waals surface area contributed by atoms with Crippen LogP contribution < -0.4 is 0 Å². The van der Waals surface area contributed by atoms with Crippen molar-refractivity contribution in [2.45, 2.75) is 12.5 Å². The highest BCUT2D eigenvalue weighted by Crippen LogP contribution is 2.15. The molecule has 2 rings (SSSR count). The van der Waals surface area contributed by atoms with Crippen molar-refractivity contribution < 1.29 is 14.6 Å². The van der Waals surface area contributed by atoms with Crippen LogP contribution in [0.3, 0.4) is 0 Å². The molecule has 0 aliphatic carbocycles. The first kappa shape index (κ1) is 10.9. The number of rotatable bonds is 3. The van der Waals surface area contributed by atoms with Crippen LogP contribution in [0.1, 0.15) is 6.42 Å². The summed E-state index contributed by atoms with van der Waals surface area (Å²) < 4.78 is 4.96. The molecule has 5 heteroatoms. The number of aliphatic hydroxyl groups is 1. The molecule has 0 aromatic carbocycles. The van der Waals surface area contributed by atoms with E-state index < -0.39 is 0 Å². The number of carbonyl (C=O) groups is 1. The van der Waals surface area contributed by atoms with Gasteiger partial charge in [0.1, 0.15) is 6.04 Å². The minimum absolute atomic E-state index is 0.0127. The fourth-order valence-electron chi connectivity index (χ4n) is 2.26. The maximum Gasteiger partial charge on any atom is 0.323 e. The Morgan fingerprint density at radius 1 is 1.33 bits per heavy atom. The Morgan fingerprint density at radius 3 is 2.60 bits per heavy atom. The molecule has 5 nitrogen and oxygen atoms in total. The third-order valence-electron chi connectivity index (χ3n) is 3.17. The van der Waals surface area contributed by atoms with Crippen molar-refractivity contribution in [2.75, 3.05) is 45.9 Å². The van der Waals surface area contributed by atoms with Gasteiger partial charge in [-0.3, -0.25) is 14.6 Å². The summed E-state index contributed by atoms with van der Waals surface area (Å²) in [6.45, 7) is 5.20. The molecular weight excluding hydrogens is 196 g/mol. The summed E-state index contributed by atoms with van der Waals surface area (Å²) in [4.78, 5) is 15.8. The van der Waals surface area contributed by atoms with Gasteiger partial charge in [0.25, 0.3) is 0 Å². The number of piperazine rings is 1. The summed E-state index contributed by atoms with van der Waals surface area (Å²) in [5.41, 5.74) is 0. The fourth-order valence-corrected chi connectivity index (χ4v) is 2.26. The molecule has 0 aromatic rings. The molecule has 2 fully saturated rings. The lowest BCUT2D eigenvalue weighted by molar-refractivity contribution is -0.142. The Bertz CT molecular complexity index is 227. The molecule has 2 heterocycles. The normalized spacial score (nSPS) is 29.4. The van der Waals surface area contributed by atoms with Gasteiger partial charge >= 0.3 is 5.97 Å². The van der Waals surface area contributed by atoms with Gasteiger partial charge in [-0.05, 0) is 0 Å². The van der Waals surface area contributed by atoms with E-state index in [2.05, 4.69) is 9.80 Å². The number of ether oxygens (including phenoxy) is 1. The van der Waals surface area contributed by atoms with Crippen LogP contribution in [0.4, 0.5) is 0 Å². The molecule has 15 heavy (non-hydrogen) atoms. The van der Waals surface area contributed by atoms with E-state index in [0.717, 1.165) is 39.1 Å². The summed E-state index contributed by atoms with van der Waals surface area (Å²) in [6.07, 6.45) is 0.832. The van der Waals surface area contributed by atoms with E-state index in [1.807, 2.05) is 0 Å². The third-order valence-corrected chi connectivity index (χ3v) is 3.17. The Labute approximate surface area is 89.6 Å². The highest BCUT2D eigenvalue weighted by molar-refractivity contribution is 5.77. The van der Waals surface area contributed by atoms with Gasteiger partial charge in [0.15, 0.2) is 0 Å². The zero-order chi connectivity index (χ0) is 10.7. The standard InChI is InChI=1S/C10H18N2O3/c13-7-6-11-2-4-12(5-3-11)9-1-8-15-10(9)14/h9,13H,1-8H2. The lowest BCUT2D eigenvalue weighted by Crippen LogP contribution is -2.52. The van der Waals surface area contributed by atoms with Crippen LogP contribution >= 0.6 is 0 Å². The molecule has 0 amide bonds. The van der Waals surface area contributed by atoms with Crippen molar-refractivity contribution in [1.82, 2.24) is 9.80 Å². The van der Waals surface area contributed by atoms with E-state index in [1.54, 1.807) is 0 Å². The first-order valence-corrected chi connectivity index (χ1v) is 5.55. The topological polar surface area (TPSA) is 53.0 Å². The maximum atomic E-state index is 11.4. The second kappa shape index (κ2) is 4.92. The summed E-state index contributed by atoms with van der Waals surface area (Å²) in [6, 6.07) is -0.0127. The highest BCUT2D eigenvalue weighted by Gasteiger charge is 2.33. The minimum atomic E-state index is -0.0643. The number of β-amino-alcohol motifs (C(OH)–C–C–N with tert-alkyl or cyclic N) is 1. The van der Waals surface area contributed by atoms with Gasteiger partial charge in [0.05, 0.1) is 13.2 Å². The van der Waals surface area contributed by atoms with Gasteiger partial charge in [-0.1, -0.05) is 0 Å².